The summed E-state index contributed by atoms with van der Waals surface area (Å²) < 4.78 is 33.0. The highest BCUT2D eigenvalue weighted by molar-refractivity contribution is 7.92. The van der Waals surface area contributed by atoms with Crippen molar-refractivity contribution < 1.29 is 17.9 Å². The van der Waals surface area contributed by atoms with Crippen LogP contribution in [0.4, 0.5) is 5.69 Å². The first-order valence-electron chi connectivity index (χ1n) is 9.82. The maximum atomic E-state index is 12.6. The van der Waals surface area contributed by atoms with Gasteiger partial charge < -0.3 is 10.1 Å². The monoisotopic (exact) mass is 451 g/mol. The molecular formula is C21H26ClN3O4S. The van der Waals surface area contributed by atoms with Gasteiger partial charge in [0.25, 0.3) is 15.9 Å². The maximum Gasteiger partial charge on any atom is 0.261 e. The predicted molar refractivity (Wildman–Crippen MR) is 118 cm³/mol. The van der Waals surface area contributed by atoms with Crippen molar-refractivity contribution in [1.29, 1.82) is 0 Å². The molecule has 0 radical (unpaired) electrons. The summed E-state index contributed by atoms with van der Waals surface area (Å²) in [6.45, 7) is 6.57. The van der Waals surface area contributed by atoms with Gasteiger partial charge in [0.05, 0.1) is 28.7 Å². The normalized spacial score (nSPS) is 15.0. The van der Waals surface area contributed by atoms with Gasteiger partial charge in [-0.2, -0.15) is 0 Å². The SMILES string of the molecule is Cc1ccc(S(=O)(=O)Nc2ccc(Cl)c(C(=O)NCCCN3CCOCC3)c2)cc1. The number of ether oxygens (including phenoxy) is 1. The molecule has 2 aromatic rings. The Morgan fingerprint density at radius 3 is 2.53 bits per heavy atom. The third-order valence-corrected chi connectivity index (χ3v) is 6.56. The molecule has 3 rings (SSSR count). The van der Waals surface area contributed by atoms with Gasteiger partial charge in [-0.3, -0.25) is 14.4 Å². The van der Waals surface area contributed by atoms with E-state index in [2.05, 4.69) is 14.9 Å². The van der Waals surface area contributed by atoms with Crippen LogP contribution in [0.1, 0.15) is 22.3 Å². The van der Waals surface area contributed by atoms with Crippen molar-refractivity contribution in [3.63, 3.8) is 0 Å². The number of carbonyl (C=O) groups is 1. The fourth-order valence-electron chi connectivity index (χ4n) is 3.12. The largest absolute Gasteiger partial charge is 0.379 e. The molecule has 0 saturated carbocycles. The van der Waals surface area contributed by atoms with E-state index in [1.54, 1.807) is 12.1 Å². The maximum absolute atomic E-state index is 12.6. The van der Waals surface area contributed by atoms with Crippen LogP contribution in [0, 0.1) is 6.92 Å². The number of nitrogens with zero attached hydrogens (tertiary/aromatic N) is 1. The van der Waals surface area contributed by atoms with E-state index in [0.717, 1.165) is 44.8 Å². The van der Waals surface area contributed by atoms with E-state index < -0.39 is 10.0 Å². The van der Waals surface area contributed by atoms with Gasteiger partial charge in [0.15, 0.2) is 0 Å². The lowest BCUT2D eigenvalue weighted by molar-refractivity contribution is 0.0374. The Kier molecular flexibility index (Phi) is 7.71. The summed E-state index contributed by atoms with van der Waals surface area (Å²) in [6, 6.07) is 11.0. The molecule has 0 atom stereocenters. The highest BCUT2D eigenvalue weighted by Gasteiger charge is 2.17. The number of aryl methyl sites for hydroxylation is 1. The molecule has 1 heterocycles. The third-order valence-electron chi connectivity index (χ3n) is 4.83. The minimum absolute atomic E-state index is 0.150. The number of carbonyl (C=O) groups excluding carboxylic acids is 1. The number of morpholine rings is 1. The molecule has 7 nitrogen and oxygen atoms in total. The van der Waals surface area contributed by atoms with Gasteiger partial charge >= 0.3 is 0 Å². The molecule has 30 heavy (non-hydrogen) atoms. The molecule has 1 aliphatic heterocycles. The first-order valence-corrected chi connectivity index (χ1v) is 11.7. The summed E-state index contributed by atoms with van der Waals surface area (Å²) in [7, 11) is -3.76. The minimum Gasteiger partial charge on any atom is -0.379 e. The lowest BCUT2D eigenvalue weighted by atomic mass is 10.2. The number of hydrogen-bond acceptors (Lipinski definition) is 5. The number of sulfonamides is 1. The highest BCUT2D eigenvalue weighted by atomic mass is 35.5. The number of rotatable bonds is 8. The molecule has 1 aliphatic rings. The van der Waals surface area contributed by atoms with Gasteiger partial charge in [-0.15, -0.1) is 0 Å². The van der Waals surface area contributed by atoms with Crippen LogP contribution < -0.4 is 10.0 Å². The van der Waals surface area contributed by atoms with E-state index in [1.807, 2.05) is 6.92 Å². The van der Waals surface area contributed by atoms with Crippen LogP contribution >= 0.6 is 11.6 Å². The van der Waals surface area contributed by atoms with Gasteiger partial charge in [0.2, 0.25) is 0 Å². The van der Waals surface area contributed by atoms with Gasteiger partial charge in [-0.1, -0.05) is 29.3 Å². The highest BCUT2D eigenvalue weighted by Crippen LogP contribution is 2.23. The van der Waals surface area contributed by atoms with E-state index in [9.17, 15) is 13.2 Å². The summed E-state index contributed by atoms with van der Waals surface area (Å²) in [4.78, 5) is 15.0. The summed E-state index contributed by atoms with van der Waals surface area (Å²) in [5, 5.41) is 3.11. The number of nitrogens with one attached hydrogen (secondary N) is 2. The standard InChI is InChI=1S/C21H26ClN3O4S/c1-16-3-6-18(7-4-16)30(27,28)24-17-5-8-20(22)19(15-17)21(26)23-9-2-10-25-11-13-29-14-12-25/h3-8,15,24H,2,9-14H2,1H3,(H,23,26). The smallest absolute Gasteiger partial charge is 0.261 e. The van der Waals surface area contributed by atoms with E-state index in [4.69, 9.17) is 16.3 Å². The minimum atomic E-state index is -3.76. The summed E-state index contributed by atoms with van der Waals surface area (Å²) in [6.07, 6.45) is 0.809. The molecular weight excluding hydrogens is 426 g/mol. The summed E-state index contributed by atoms with van der Waals surface area (Å²) in [5.74, 6) is -0.335. The molecule has 0 bridgehead atoms. The van der Waals surface area contributed by atoms with Crippen LogP contribution in [-0.2, 0) is 14.8 Å². The van der Waals surface area contributed by atoms with Gasteiger partial charge in [0.1, 0.15) is 0 Å². The third kappa shape index (κ3) is 6.18. The van der Waals surface area contributed by atoms with Crippen LogP contribution in [0.5, 0.6) is 0 Å². The molecule has 0 aliphatic carbocycles. The average Bonchev–Trinajstić information content (AvgIpc) is 2.73. The van der Waals surface area contributed by atoms with Gasteiger partial charge in [-0.25, -0.2) is 8.42 Å². The summed E-state index contributed by atoms with van der Waals surface area (Å²) >= 11 is 6.17. The van der Waals surface area contributed by atoms with Crippen molar-refractivity contribution >= 4 is 33.2 Å². The van der Waals surface area contributed by atoms with Crippen molar-refractivity contribution in [2.24, 2.45) is 0 Å². The molecule has 2 aromatic carbocycles. The molecule has 0 spiro atoms. The molecule has 1 saturated heterocycles. The van der Waals surface area contributed by atoms with Gasteiger partial charge in [0, 0.05) is 25.3 Å². The van der Waals surface area contributed by atoms with Crippen molar-refractivity contribution in [3.05, 3.63) is 58.6 Å². The van der Waals surface area contributed by atoms with Gasteiger partial charge in [-0.05, 0) is 50.2 Å². The second-order valence-corrected chi connectivity index (χ2v) is 9.27. The number of benzene rings is 2. The van der Waals surface area contributed by atoms with E-state index >= 15 is 0 Å². The van der Waals surface area contributed by atoms with Crippen LogP contribution in [-0.4, -0.2) is 58.6 Å². The molecule has 1 fully saturated rings. The van der Waals surface area contributed by atoms with Crippen molar-refractivity contribution in [2.45, 2.75) is 18.2 Å². The average molecular weight is 452 g/mol. The number of halogens is 1. The van der Waals surface area contributed by atoms with Crippen molar-refractivity contribution in [2.75, 3.05) is 44.1 Å². The zero-order valence-corrected chi connectivity index (χ0v) is 18.4. The zero-order chi connectivity index (χ0) is 21.6. The van der Waals surface area contributed by atoms with Crippen LogP contribution in [0.25, 0.3) is 0 Å². The zero-order valence-electron chi connectivity index (χ0n) is 16.9. The van der Waals surface area contributed by atoms with E-state index in [0.29, 0.717) is 6.54 Å². The lowest BCUT2D eigenvalue weighted by Crippen LogP contribution is -2.38. The predicted octanol–water partition coefficient (Wildman–Crippen LogP) is 2.90. The Morgan fingerprint density at radius 2 is 1.83 bits per heavy atom. The lowest BCUT2D eigenvalue weighted by Gasteiger charge is -2.26. The molecule has 162 valence electrons. The fraction of sp³-hybridized carbons (Fsp3) is 0.381. The Labute approximate surface area is 182 Å². The Morgan fingerprint density at radius 1 is 1.13 bits per heavy atom. The number of hydrogen-bond donors (Lipinski definition) is 2. The molecule has 1 amide bonds. The second kappa shape index (κ2) is 10.3. The summed E-state index contributed by atoms with van der Waals surface area (Å²) in [5.41, 5.74) is 1.47. The first kappa shape index (κ1) is 22.6. The molecule has 0 aromatic heterocycles. The second-order valence-electron chi connectivity index (χ2n) is 7.18. The van der Waals surface area contributed by atoms with Crippen molar-refractivity contribution in [1.82, 2.24) is 10.2 Å². The van der Waals surface area contributed by atoms with Crippen LogP contribution in [0.15, 0.2) is 47.4 Å². The Balaban J connectivity index is 1.59. The number of amides is 1. The van der Waals surface area contributed by atoms with Crippen LogP contribution in [0.2, 0.25) is 5.02 Å². The quantitative estimate of drug-likeness (QED) is 0.602. The van der Waals surface area contributed by atoms with Crippen LogP contribution in [0.3, 0.4) is 0 Å². The topological polar surface area (TPSA) is 87.7 Å². The Hall–Kier alpha value is -2.13. The van der Waals surface area contributed by atoms with Crippen molar-refractivity contribution in [3.8, 4) is 0 Å². The molecule has 0 unspecified atom stereocenters. The fourth-order valence-corrected chi connectivity index (χ4v) is 4.37. The van der Waals surface area contributed by atoms with E-state index in [-0.39, 0.29) is 27.1 Å². The first-order chi connectivity index (χ1) is 14.3. The molecule has 9 heteroatoms. The Bertz CT molecular complexity index is 974. The molecule has 2 N–H and O–H groups in total. The number of anilines is 1. The van der Waals surface area contributed by atoms with E-state index in [1.165, 1.54) is 30.3 Å².